The highest BCUT2D eigenvalue weighted by molar-refractivity contribution is 6.06. The van der Waals surface area contributed by atoms with E-state index in [4.69, 9.17) is 13.9 Å². The van der Waals surface area contributed by atoms with Crippen LogP contribution >= 0.6 is 0 Å². The first kappa shape index (κ1) is 16.6. The van der Waals surface area contributed by atoms with Gasteiger partial charge in [0.1, 0.15) is 22.6 Å². The Kier molecular flexibility index (Phi) is 4.43. The number of carbonyl (C=O) groups excluding carboxylic acids is 1. The number of anilines is 1. The highest BCUT2D eigenvalue weighted by Crippen LogP contribution is 2.26. The van der Waals surface area contributed by atoms with Gasteiger partial charge in [-0.15, -0.1) is 0 Å². The Morgan fingerprint density at radius 1 is 1.04 bits per heavy atom. The maximum Gasteiger partial charge on any atom is 0.349 e. The molecule has 6 heteroatoms. The molecule has 6 nitrogen and oxygen atoms in total. The summed E-state index contributed by atoms with van der Waals surface area (Å²) in [5.74, 6) is 0.543. The van der Waals surface area contributed by atoms with Crippen LogP contribution in [0.25, 0.3) is 11.0 Å². The number of rotatable bonds is 4. The van der Waals surface area contributed by atoms with Gasteiger partial charge < -0.3 is 19.2 Å². The van der Waals surface area contributed by atoms with E-state index in [0.29, 0.717) is 28.2 Å². The first-order valence-corrected chi connectivity index (χ1v) is 7.59. The van der Waals surface area contributed by atoms with E-state index in [2.05, 4.69) is 5.32 Å². The van der Waals surface area contributed by atoms with Crippen LogP contribution < -0.4 is 20.4 Å². The molecule has 2 aromatic carbocycles. The van der Waals surface area contributed by atoms with Crippen LogP contribution in [0.4, 0.5) is 5.69 Å². The second-order valence-electron chi connectivity index (χ2n) is 5.51. The fourth-order valence-electron chi connectivity index (χ4n) is 2.50. The highest BCUT2D eigenvalue weighted by Gasteiger charge is 2.16. The number of carbonyl (C=O) groups is 1. The van der Waals surface area contributed by atoms with Crippen molar-refractivity contribution in [3.8, 4) is 11.5 Å². The summed E-state index contributed by atoms with van der Waals surface area (Å²) < 4.78 is 15.6. The molecule has 128 valence electrons. The molecule has 0 aliphatic rings. The lowest BCUT2D eigenvalue weighted by atomic mass is 10.1. The quantitative estimate of drug-likeness (QED) is 0.737. The number of fused-ring (bicyclic) bond motifs is 1. The lowest BCUT2D eigenvalue weighted by Crippen LogP contribution is -2.21. The monoisotopic (exact) mass is 339 g/mol. The Labute approximate surface area is 144 Å². The summed E-state index contributed by atoms with van der Waals surface area (Å²) >= 11 is 0. The number of benzene rings is 2. The molecule has 0 unspecified atom stereocenters. The van der Waals surface area contributed by atoms with Gasteiger partial charge in [0.15, 0.2) is 0 Å². The summed E-state index contributed by atoms with van der Waals surface area (Å²) in [6.45, 7) is 1.89. The first-order chi connectivity index (χ1) is 12.0. The Bertz CT molecular complexity index is 1010. The Morgan fingerprint density at radius 2 is 1.84 bits per heavy atom. The van der Waals surface area contributed by atoms with E-state index in [0.717, 1.165) is 5.56 Å². The van der Waals surface area contributed by atoms with Crippen LogP contribution in [0.1, 0.15) is 15.9 Å². The van der Waals surface area contributed by atoms with Crippen molar-refractivity contribution >= 4 is 22.6 Å². The second kappa shape index (κ2) is 6.68. The predicted molar refractivity (Wildman–Crippen MR) is 94.7 cm³/mol. The van der Waals surface area contributed by atoms with Crippen LogP contribution in [0.15, 0.2) is 51.7 Å². The van der Waals surface area contributed by atoms with Crippen molar-refractivity contribution < 1.29 is 18.7 Å². The molecule has 1 heterocycles. The number of hydrogen-bond acceptors (Lipinski definition) is 5. The maximum atomic E-state index is 12.6. The standard InChI is InChI=1S/C19H17NO5/c1-11-4-6-17(24-3)15(8-11)20-18(21)14-10-12-9-13(23-2)5-7-16(12)25-19(14)22/h4-10H,1-3H3,(H,20,21). The third-order valence-corrected chi connectivity index (χ3v) is 3.79. The van der Waals surface area contributed by atoms with E-state index in [1.54, 1.807) is 30.3 Å². The molecule has 1 amide bonds. The van der Waals surface area contributed by atoms with Crippen LogP contribution in [0.2, 0.25) is 0 Å². The molecule has 1 aromatic heterocycles. The predicted octanol–water partition coefficient (Wildman–Crippen LogP) is 3.37. The molecular weight excluding hydrogens is 322 g/mol. The lowest BCUT2D eigenvalue weighted by molar-refractivity contribution is 0.102. The van der Waals surface area contributed by atoms with Gasteiger partial charge in [-0.05, 0) is 48.9 Å². The number of hydrogen-bond donors (Lipinski definition) is 1. The third-order valence-electron chi connectivity index (χ3n) is 3.79. The molecule has 3 rings (SSSR count). The Balaban J connectivity index is 2.01. The molecule has 0 saturated heterocycles. The normalized spacial score (nSPS) is 10.5. The third kappa shape index (κ3) is 3.33. The number of methoxy groups -OCH3 is 2. The summed E-state index contributed by atoms with van der Waals surface area (Å²) in [6, 6.07) is 11.9. The minimum Gasteiger partial charge on any atom is -0.497 e. The topological polar surface area (TPSA) is 77.8 Å². The van der Waals surface area contributed by atoms with Gasteiger partial charge in [0, 0.05) is 5.39 Å². The largest absolute Gasteiger partial charge is 0.497 e. The zero-order valence-corrected chi connectivity index (χ0v) is 14.1. The summed E-state index contributed by atoms with van der Waals surface area (Å²) in [5.41, 5.74) is 1.02. The van der Waals surface area contributed by atoms with E-state index in [1.807, 2.05) is 13.0 Å². The summed E-state index contributed by atoms with van der Waals surface area (Å²) in [4.78, 5) is 24.7. The van der Waals surface area contributed by atoms with Gasteiger partial charge in [0.2, 0.25) is 0 Å². The first-order valence-electron chi connectivity index (χ1n) is 7.59. The van der Waals surface area contributed by atoms with Gasteiger partial charge in [-0.3, -0.25) is 4.79 Å². The maximum absolute atomic E-state index is 12.6. The number of aryl methyl sites for hydroxylation is 1. The van der Waals surface area contributed by atoms with Crippen LogP contribution in [-0.4, -0.2) is 20.1 Å². The van der Waals surface area contributed by atoms with E-state index >= 15 is 0 Å². The zero-order valence-electron chi connectivity index (χ0n) is 14.1. The van der Waals surface area contributed by atoms with Crippen molar-refractivity contribution in [2.24, 2.45) is 0 Å². The van der Waals surface area contributed by atoms with Crippen LogP contribution in [0.5, 0.6) is 11.5 Å². The zero-order chi connectivity index (χ0) is 18.0. The summed E-state index contributed by atoms with van der Waals surface area (Å²) in [7, 11) is 3.05. The van der Waals surface area contributed by atoms with E-state index in [-0.39, 0.29) is 5.56 Å². The lowest BCUT2D eigenvalue weighted by Gasteiger charge is -2.11. The average molecular weight is 339 g/mol. The van der Waals surface area contributed by atoms with Gasteiger partial charge in [-0.25, -0.2) is 4.79 Å². The number of nitrogens with one attached hydrogen (secondary N) is 1. The molecule has 0 aliphatic carbocycles. The van der Waals surface area contributed by atoms with Crippen molar-refractivity contribution in [1.29, 1.82) is 0 Å². The smallest absolute Gasteiger partial charge is 0.349 e. The molecule has 0 atom stereocenters. The van der Waals surface area contributed by atoms with Gasteiger partial charge in [-0.1, -0.05) is 6.07 Å². The van der Waals surface area contributed by atoms with Gasteiger partial charge in [0.05, 0.1) is 19.9 Å². The molecule has 0 radical (unpaired) electrons. The molecule has 0 aliphatic heterocycles. The van der Waals surface area contributed by atoms with E-state index in [1.165, 1.54) is 20.3 Å². The van der Waals surface area contributed by atoms with Crippen LogP contribution in [-0.2, 0) is 0 Å². The highest BCUT2D eigenvalue weighted by atomic mass is 16.5. The SMILES string of the molecule is COc1ccc2oc(=O)c(C(=O)Nc3cc(C)ccc3OC)cc2c1. The minimum absolute atomic E-state index is 0.0932. The molecule has 1 N–H and O–H groups in total. The fraction of sp³-hybridized carbons (Fsp3) is 0.158. The minimum atomic E-state index is -0.707. The Morgan fingerprint density at radius 3 is 2.56 bits per heavy atom. The fourth-order valence-corrected chi connectivity index (χ4v) is 2.50. The molecule has 0 bridgehead atoms. The molecule has 25 heavy (non-hydrogen) atoms. The van der Waals surface area contributed by atoms with Crippen molar-refractivity contribution in [1.82, 2.24) is 0 Å². The molecule has 3 aromatic rings. The van der Waals surface area contributed by atoms with Crippen molar-refractivity contribution in [3.05, 3.63) is 64.0 Å². The van der Waals surface area contributed by atoms with E-state index < -0.39 is 11.5 Å². The molecule has 0 spiro atoms. The average Bonchev–Trinajstić information content (AvgIpc) is 2.61. The summed E-state index contributed by atoms with van der Waals surface area (Å²) in [5, 5.41) is 3.30. The number of ether oxygens (including phenoxy) is 2. The summed E-state index contributed by atoms with van der Waals surface area (Å²) in [6.07, 6.45) is 0. The molecular formula is C19H17NO5. The van der Waals surface area contributed by atoms with Crippen LogP contribution in [0.3, 0.4) is 0 Å². The van der Waals surface area contributed by atoms with Gasteiger partial charge in [0.25, 0.3) is 5.91 Å². The van der Waals surface area contributed by atoms with Crippen LogP contribution in [0, 0.1) is 6.92 Å². The molecule has 0 saturated carbocycles. The molecule has 0 fully saturated rings. The van der Waals surface area contributed by atoms with Gasteiger partial charge in [-0.2, -0.15) is 0 Å². The van der Waals surface area contributed by atoms with Crippen molar-refractivity contribution in [2.75, 3.05) is 19.5 Å². The second-order valence-corrected chi connectivity index (χ2v) is 5.51. The van der Waals surface area contributed by atoms with Gasteiger partial charge >= 0.3 is 5.63 Å². The Hall–Kier alpha value is -3.28. The van der Waals surface area contributed by atoms with Crippen molar-refractivity contribution in [2.45, 2.75) is 6.92 Å². The van der Waals surface area contributed by atoms with E-state index in [9.17, 15) is 9.59 Å². The van der Waals surface area contributed by atoms with Crippen molar-refractivity contribution in [3.63, 3.8) is 0 Å². The number of amides is 1.